The number of allylic oxidation sites excluding steroid dienone is 8. The second-order valence-corrected chi connectivity index (χ2v) is 13.3. The molecule has 4 heteroatoms. The highest BCUT2D eigenvalue weighted by Crippen LogP contribution is 2.13. The van der Waals surface area contributed by atoms with Gasteiger partial charge >= 0.3 is 5.97 Å². The topological polar surface area (TPSA) is 55.8 Å². The highest BCUT2D eigenvalue weighted by atomic mass is 16.6. The average molecular weight is 659 g/mol. The first-order valence-corrected chi connectivity index (χ1v) is 20.2. The van der Waals surface area contributed by atoms with Gasteiger partial charge in [0, 0.05) is 13.0 Å². The molecule has 1 N–H and O–H groups in total. The Morgan fingerprint density at radius 2 is 0.915 bits per heavy atom. The van der Waals surface area contributed by atoms with Crippen molar-refractivity contribution in [2.75, 3.05) is 19.8 Å². The number of ether oxygens (including phenoxy) is 2. The molecule has 0 bridgehead atoms. The van der Waals surface area contributed by atoms with Gasteiger partial charge < -0.3 is 14.6 Å². The fourth-order valence-corrected chi connectivity index (χ4v) is 5.55. The van der Waals surface area contributed by atoms with Gasteiger partial charge in [0.25, 0.3) is 0 Å². The average Bonchev–Trinajstić information content (AvgIpc) is 3.08. The molecule has 0 fully saturated rings. The van der Waals surface area contributed by atoms with Gasteiger partial charge in [0.2, 0.25) is 0 Å². The summed E-state index contributed by atoms with van der Waals surface area (Å²) >= 11 is 0. The van der Waals surface area contributed by atoms with Gasteiger partial charge in [0.15, 0.2) is 0 Å². The maximum atomic E-state index is 12.2. The molecule has 47 heavy (non-hydrogen) atoms. The van der Waals surface area contributed by atoms with Crippen LogP contribution >= 0.6 is 0 Å². The van der Waals surface area contributed by atoms with E-state index in [0.29, 0.717) is 13.0 Å². The minimum atomic E-state index is -0.541. The van der Waals surface area contributed by atoms with E-state index in [-0.39, 0.29) is 19.2 Å². The molecule has 1 unspecified atom stereocenters. The number of esters is 1. The van der Waals surface area contributed by atoms with E-state index in [1.54, 1.807) is 0 Å². The minimum Gasteiger partial charge on any atom is -0.457 e. The van der Waals surface area contributed by atoms with Crippen molar-refractivity contribution >= 4 is 5.97 Å². The van der Waals surface area contributed by atoms with Gasteiger partial charge in [-0.05, 0) is 70.6 Å². The minimum absolute atomic E-state index is 0.178. The molecule has 274 valence electrons. The number of hydrogen-bond acceptors (Lipinski definition) is 4. The summed E-state index contributed by atoms with van der Waals surface area (Å²) in [5.74, 6) is -0.211. The zero-order valence-corrected chi connectivity index (χ0v) is 31.3. The van der Waals surface area contributed by atoms with Gasteiger partial charge in [-0.2, -0.15) is 0 Å². The molecule has 0 amide bonds. The van der Waals surface area contributed by atoms with E-state index in [0.717, 1.165) is 32.1 Å². The molecule has 0 aliphatic carbocycles. The molecule has 0 radical (unpaired) electrons. The summed E-state index contributed by atoms with van der Waals surface area (Å²) in [5.41, 5.74) is 0. The lowest BCUT2D eigenvalue weighted by molar-refractivity contribution is -0.154. The Balaban J connectivity index is 3.47. The molecule has 0 saturated heterocycles. The summed E-state index contributed by atoms with van der Waals surface area (Å²) in [6, 6.07) is 0. The van der Waals surface area contributed by atoms with Crippen LogP contribution in [0.5, 0.6) is 0 Å². The molecule has 0 aliphatic heterocycles. The monoisotopic (exact) mass is 659 g/mol. The van der Waals surface area contributed by atoms with Crippen LogP contribution in [0.25, 0.3) is 0 Å². The predicted molar refractivity (Wildman–Crippen MR) is 205 cm³/mol. The van der Waals surface area contributed by atoms with Crippen molar-refractivity contribution in [3.8, 4) is 0 Å². The van der Waals surface area contributed by atoms with Crippen LogP contribution in [0.3, 0.4) is 0 Å². The third-order valence-electron chi connectivity index (χ3n) is 8.63. The number of aliphatic hydroxyl groups excluding tert-OH is 1. The Hall–Kier alpha value is -1.65. The number of hydrogen-bond donors (Lipinski definition) is 1. The molecule has 0 aromatic heterocycles. The second-order valence-electron chi connectivity index (χ2n) is 13.3. The molecule has 4 nitrogen and oxygen atoms in total. The summed E-state index contributed by atoms with van der Waals surface area (Å²) in [6.45, 7) is 5.28. The highest BCUT2D eigenvalue weighted by molar-refractivity contribution is 5.69. The largest absolute Gasteiger partial charge is 0.457 e. The third kappa shape index (κ3) is 38.7. The van der Waals surface area contributed by atoms with E-state index < -0.39 is 6.10 Å². The molecular formula is C43H78O4. The quantitative estimate of drug-likeness (QED) is 0.0410. The van der Waals surface area contributed by atoms with Gasteiger partial charge in [-0.15, -0.1) is 0 Å². The van der Waals surface area contributed by atoms with Crippen LogP contribution in [0, 0.1) is 0 Å². The van der Waals surface area contributed by atoms with Gasteiger partial charge in [-0.1, -0.05) is 165 Å². The van der Waals surface area contributed by atoms with Crippen molar-refractivity contribution in [2.24, 2.45) is 0 Å². The van der Waals surface area contributed by atoms with Crippen LogP contribution in [0.4, 0.5) is 0 Å². The summed E-state index contributed by atoms with van der Waals surface area (Å²) in [5, 5.41) is 9.57. The van der Waals surface area contributed by atoms with E-state index >= 15 is 0 Å². The summed E-state index contributed by atoms with van der Waals surface area (Å²) in [7, 11) is 0. The van der Waals surface area contributed by atoms with Crippen LogP contribution in [-0.2, 0) is 14.3 Å². The molecular weight excluding hydrogens is 580 g/mol. The van der Waals surface area contributed by atoms with E-state index in [4.69, 9.17) is 9.47 Å². The number of unbranched alkanes of at least 4 members (excludes halogenated alkanes) is 21. The summed E-state index contributed by atoms with van der Waals surface area (Å²) < 4.78 is 11.1. The Bertz CT molecular complexity index is 738. The lowest BCUT2D eigenvalue weighted by Gasteiger charge is -2.15. The number of rotatable bonds is 37. The Labute approximate surface area is 292 Å². The number of carbonyl (C=O) groups excluding carboxylic acids is 1. The van der Waals surface area contributed by atoms with Gasteiger partial charge in [0.1, 0.15) is 6.10 Å². The highest BCUT2D eigenvalue weighted by Gasteiger charge is 2.13. The Morgan fingerprint density at radius 1 is 0.511 bits per heavy atom. The van der Waals surface area contributed by atoms with Crippen LogP contribution < -0.4 is 0 Å². The Morgan fingerprint density at radius 3 is 1.43 bits per heavy atom. The molecule has 0 heterocycles. The standard InChI is InChI=1S/C43H78O4/c1-3-5-7-9-11-13-15-17-18-19-20-21-22-23-24-25-26-27-28-30-32-34-36-38-43(45)47-42(40-44)41-46-39-37-35-33-31-29-16-14-12-10-8-6-4-2/h10,12,15,17,19-20,22-23,42,44H,3-9,11,13-14,16,18,21,24-41H2,1-2H3/b12-10-,17-15-,20-19-,23-22-. The van der Waals surface area contributed by atoms with E-state index in [1.807, 2.05) is 0 Å². The first-order chi connectivity index (χ1) is 23.2. The van der Waals surface area contributed by atoms with Gasteiger partial charge in [0.05, 0.1) is 13.2 Å². The van der Waals surface area contributed by atoms with Gasteiger partial charge in [-0.25, -0.2) is 0 Å². The Kier molecular flexibility index (Phi) is 39.1. The molecule has 1 atom stereocenters. The first-order valence-electron chi connectivity index (χ1n) is 20.2. The van der Waals surface area contributed by atoms with Crippen LogP contribution in [0.15, 0.2) is 48.6 Å². The number of aliphatic hydroxyl groups is 1. The molecule has 0 rings (SSSR count). The van der Waals surface area contributed by atoms with E-state index in [2.05, 4.69) is 62.5 Å². The van der Waals surface area contributed by atoms with Crippen molar-refractivity contribution < 1.29 is 19.4 Å². The zero-order valence-electron chi connectivity index (χ0n) is 31.3. The predicted octanol–water partition coefficient (Wildman–Crippen LogP) is 13.1. The molecule has 0 aliphatic rings. The lowest BCUT2D eigenvalue weighted by Crippen LogP contribution is -2.27. The smallest absolute Gasteiger partial charge is 0.306 e. The van der Waals surface area contributed by atoms with Crippen molar-refractivity contribution in [1.82, 2.24) is 0 Å². The third-order valence-corrected chi connectivity index (χ3v) is 8.63. The van der Waals surface area contributed by atoms with Crippen LogP contribution in [0.1, 0.15) is 194 Å². The molecule has 0 spiro atoms. The zero-order chi connectivity index (χ0) is 34.1. The van der Waals surface area contributed by atoms with Crippen molar-refractivity contribution in [3.63, 3.8) is 0 Å². The first kappa shape index (κ1) is 45.3. The summed E-state index contributed by atoms with van der Waals surface area (Å²) in [6.07, 6.45) is 51.6. The number of carbonyl (C=O) groups is 1. The second kappa shape index (κ2) is 40.5. The SMILES string of the molecule is CCCC/C=C\CCCCCCCCOCC(CO)OC(=O)CCCCCCCCCC/C=C\C/C=C\C/C=C\CCCCCCC. The fraction of sp³-hybridized carbons (Fsp3) is 0.791. The fourth-order valence-electron chi connectivity index (χ4n) is 5.55. The van der Waals surface area contributed by atoms with Crippen molar-refractivity contribution in [2.45, 2.75) is 200 Å². The normalized spacial score (nSPS) is 12.8. The molecule has 0 aromatic carbocycles. The van der Waals surface area contributed by atoms with Crippen molar-refractivity contribution in [1.29, 1.82) is 0 Å². The maximum Gasteiger partial charge on any atom is 0.306 e. The summed E-state index contributed by atoms with van der Waals surface area (Å²) in [4.78, 5) is 12.2. The van der Waals surface area contributed by atoms with E-state index in [1.165, 1.54) is 141 Å². The van der Waals surface area contributed by atoms with Crippen LogP contribution in [-0.4, -0.2) is 37.0 Å². The van der Waals surface area contributed by atoms with E-state index in [9.17, 15) is 9.90 Å². The van der Waals surface area contributed by atoms with Crippen LogP contribution in [0.2, 0.25) is 0 Å². The lowest BCUT2D eigenvalue weighted by atomic mass is 10.1. The maximum absolute atomic E-state index is 12.2. The molecule has 0 aromatic rings. The molecule has 0 saturated carbocycles. The van der Waals surface area contributed by atoms with Crippen molar-refractivity contribution in [3.05, 3.63) is 48.6 Å². The van der Waals surface area contributed by atoms with Gasteiger partial charge in [-0.3, -0.25) is 4.79 Å².